The summed E-state index contributed by atoms with van der Waals surface area (Å²) in [6.07, 6.45) is 0. The van der Waals surface area contributed by atoms with Gasteiger partial charge in [0.05, 0.1) is 0 Å². The van der Waals surface area contributed by atoms with Crippen molar-refractivity contribution < 1.29 is 0 Å². The molecule has 5 nitrogen and oxygen atoms in total. The van der Waals surface area contributed by atoms with E-state index in [9.17, 15) is 0 Å². The molecule has 1 rings (SSSR count). The van der Waals surface area contributed by atoms with Crippen LogP contribution in [-0.2, 0) is 0 Å². The lowest BCUT2D eigenvalue weighted by Gasteiger charge is -2.32. The highest BCUT2D eigenvalue weighted by molar-refractivity contribution is 4.69. The molecule has 0 atom stereocenters. The Kier molecular flexibility index (Phi) is 7.71. The number of nitrogens with zero attached hydrogens (tertiary/aromatic N) is 2. The predicted octanol–water partition coefficient (Wildman–Crippen LogP) is -1.63. The summed E-state index contributed by atoms with van der Waals surface area (Å²) in [7, 11) is 2.19. The standard InChI is InChI=1S/C11H27N5/c1-15-8-10-16(11-9-15)7-6-14-5-4-13-3-2-12/h13-14H,2-12H2,1H3. The van der Waals surface area contributed by atoms with Crippen LogP contribution in [-0.4, -0.2) is 82.3 Å². The summed E-state index contributed by atoms with van der Waals surface area (Å²) >= 11 is 0. The van der Waals surface area contributed by atoms with Gasteiger partial charge in [0.15, 0.2) is 0 Å². The Hall–Kier alpha value is -0.200. The van der Waals surface area contributed by atoms with Gasteiger partial charge in [0.2, 0.25) is 0 Å². The fourth-order valence-corrected chi connectivity index (χ4v) is 1.84. The highest BCUT2D eigenvalue weighted by atomic mass is 15.2. The molecule has 0 amide bonds. The lowest BCUT2D eigenvalue weighted by Crippen LogP contribution is -2.46. The zero-order chi connectivity index (χ0) is 11.6. The van der Waals surface area contributed by atoms with Crippen LogP contribution >= 0.6 is 0 Å². The summed E-state index contributed by atoms with van der Waals surface area (Å²) < 4.78 is 0. The Morgan fingerprint density at radius 1 is 0.938 bits per heavy atom. The monoisotopic (exact) mass is 229 g/mol. The lowest BCUT2D eigenvalue weighted by molar-refractivity contribution is 0.155. The second-order valence-corrected chi connectivity index (χ2v) is 4.43. The average molecular weight is 229 g/mol. The van der Waals surface area contributed by atoms with E-state index in [4.69, 9.17) is 5.73 Å². The minimum atomic E-state index is 0.724. The normalized spacial score (nSPS) is 19.1. The Morgan fingerprint density at radius 3 is 2.19 bits per heavy atom. The molecule has 5 heteroatoms. The molecule has 0 saturated carbocycles. The van der Waals surface area contributed by atoms with E-state index in [0.29, 0.717) is 0 Å². The molecule has 1 heterocycles. The summed E-state index contributed by atoms with van der Waals surface area (Å²) in [5, 5.41) is 6.72. The van der Waals surface area contributed by atoms with E-state index >= 15 is 0 Å². The van der Waals surface area contributed by atoms with Crippen LogP contribution in [0.25, 0.3) is 0 Å². The number of likely N-dealkylation sites (N-methyl/N-ethyl adjacent to an activating group) is 1. The average Bonchev–Trinajstić information content (AvgIpc) is 2.30. The van der Waals surface area contributed by atoms with Gasteiger partial charge in [0.1, 0.15) is 0 Å². The summed E-state index contributed by atoms with van der Waals surface area (Å²) in [5.74, 6) is 0. The molecule has 0 unspecified atom stereocenters. The van der Waals surface area contributed by atoms with Crippen LogP contribution in [0.4, 0.5) is 0 Å². The van der Waals surface area contributed by atoms with Gasteiger partial charge in [-0.05, 0) is 7.05 Å². The van der Waals surface area contributed by atoms with Gasteiger partial charge in [-0.1, -0.05) is 0 Å². The SMILES string of the molecule is CN1CCN(CCNCCNCCN)CC1. The van der Waals surface area contributed by atoms with Crippen LogP contribution in [0.3, 0.4) is 0 Å². The minimum Gasteiger partial charge on any atom is -0.329 e. The van der Waals surface area contributed by atoms with Gasteiger partial charge < -0.3 is 21.3 Å². The Balaban J connectivity index is 1.84. The van der Waals surface area contributed by atoms with Crippen LogP contribution in [0.15, 0.2) is 0 Å². The molecule has 0 radical (unpaired) electrons. The van der Waals surface area contributed by atoms with Gasteiger partial charge in [-0.2, -0.15) is 0 Å². The second-order valence-electron chi connectivity index (χ2n) is 4.43. The number of hydrogen-bond acceptors (Lipinski definition) is 5. The highest BCUT2D eigenvalue weighted by Crippen LogP contribution is 1.97. The van der Waals surface area contributed by atoms with Crippen molar-refractivity contribution in [2.24, 2.45) is 5.73 Å². The van der Waals surface area contributed by atoms with Crippen molar-refractivity contribution in [2.45, 2.75) is 0 Å². The van der Waals surface area contributed by atoms with E-state index in [2.05, 4.69) is 27.5 Å². The highest BCUT2D eigenvalue weighted by Gasteiger charge is 2.12. The van der Waals surface area contributed by atoms with E-state index in [1.807, 2.05) is 0 Å². The maximum absolute atomic E-state index is 5.38. The number of rotatable bonds is 8. The fourth-order valence-electron chi connectivity index (χ4n) is 1.84. The first-order chi connectivity index (χ1) is 7.83. The van der Waals surface area contributed by atoms with Crippen molar-refractivity contribution in [3.8, 4) is 0 Å². The van der Waals surface area contributed by atoms with Gasteiger partial charge in [0, 0.05) is 65.4 Å². The van der Waals surface area contributed by atoms with Crippen molar-refractivity contribution in [1.82, 2.24) is 20.4 Å². The largest absolute Gasteiger partial charge is 0.329 e. The number of piperazine rings is 1. The fraction of sp³-hybridized carbons (Fsp3) is 1.00. The third kappa shape index (κ3) is 6.40. The van der Waals surface area contributed by atoms with Gasteiger partial charge >= 0.3 is 0 Å². The van der Waals surface area contributed by atoms with E-state index in [1.165, 1.54) is 32.7 Å². The topological polar surface area (TPSA) is 56.6 Å². The van der Waals surface area contributed by atoms with Crippen molar-refractivity contribution >= 4 is 0 Å². The zero-order valence-corrected chi connectivity index (χ0v) is 10.5. The molecular weight excluding hydrogens is 202 g/mol. The van der Waals surface area contributed by atoms with Gasteiger partial charge in [-0.25, -0.2) is 0 Å². The first-order valence-electron chi connectivity index (χ1n) is 6.35. The number of nitrogens with two attached hydrogens (primary N) is 1. The van der Waals surface area contributed by atoms with E-state index in [0.717, 1.165) is 32.7 Å². The number of hydrogen-bond donors (Lipinski definition) is 3. The van der Waals surface area contributed by atoms with Crippen LogP contribution in [0, 0.1) is 0 Å². The van der Waals surface area contributed by atoms with Crippen molar-refractivity contribution in [1.29, 1.82) is 0 Å². The molecule has 0 aromatic heterocycles. The molecule has 96 valence electrons. The number of nitrogens with one attached hydrogen (secondary N) is 2. The van der Waals surface area contributed by atoms with Crippen molar-refractivity contribution in [3.05, 3.63) is 0 Å². The van der Waals surface area contributed by atoms with Crippen LogP contribution in [0.5, 0.6) is 0 Å². The van der Waals surface area contributed by atoms with Gasteiger partial charge in [-0.3, -0.25) is 4.90 Å². The maximum atomic E-state index is 5.38. The first kappa shape index (κ1) is 13.9. The molecule has 1 aliphatic rings. The first-order valence-corrected chi connectivity index (χ1v) is 6.35. The molecule has 1 fully saturated rings. The zero-order valence-electron chi connectivity index (χ0n) is 10.5. The molecule has 0 aromatic carbocycles. The van der Waals surface area contributed by atoms with Gasteiger partial charge in [-0.15, -0.1) is 0 Å². The second kappa shape index (κ2) is 8.90. The summed E-state index contributed by atoms with van der Waals surface area (Å²) in [6, 6.07) is 0. The Bertz CT molecular complexity index is 156. The lowest BCUT2D eigenvalue weighted by atomic mass is 10.3. The molecule has 16 heavy (non-hydrogen) atoms. The third-order valence-electron chi connectivity index (χ3n) is 3.00. The van der Waals surface area contributed by atoms with Crippen molar-refractivity contribution in [2.75, 3.05) is 72.5 Å². The summed E-state index contributed by atoms with van der Waals surface area (Å²) in [6.45, 7) is 10.8. The maximum Gasteiger partial charge on any atom is 0.0110 e. The summed E-state index contributed by atoms with van der Waals surface area (Å²) in [4.78, 5) is 4.92. The molecular formula is C11H27N5. The molecule has 4 N–H and O–H groups in total. The van der Waals surface area contributed by atoms with Gasteiger partial charge in [0.25, 0.3) is 0 Å². The third-order valence-corrected chi connectivity index (χ3v) is 3.00. The smallest absolute Gasteiger partial charge is 0.0110 e. The molecule has 1 aliphatic heterocycles. The van der Waals surface area contributed by atoms with Crippen molar-refractivity contribution in [3.63, 3.8) is 0 Å². The van der Waals surface area contributed by atoms with Crippen LogP contribution in [0.2, 0.25) is 0 Å². The molecule has 0 bridgehead atoms. The van der Waals surface area contributed by atoms with Crippen LogP contribution in [0.1, 0.15) is 0 Å². The Labute approximate surface area is 99.3 Å². The van der Waals surface area contributed by atoms with E-state index in [1.54, 1.807) is 0 Å². The van der Waals surface area contributed by atoms with E-state index < -0.39 is 0 Å². The minimum absolute atomic E-state index is 0.724. The summed E-state index contributed by atoms with van der Waals surface area (Å²) in [5.41, 5.74) is 5.38. The predicted molar refractivity (Wildman–Crippen MR) is 68.7 cm³/mol. The molecule has 0 aromatic rings. The van der Waals surface area contributed by atoms with Crippen LogP contribution < -0.4 is 16.4 Å². The molecule has 0 spiro atoms. The molecule has 1 saturated heterocycles. The Morgan fingerprint density at radius 2 is 1.56 bits per heavy atom. The quantitative estimate of drug-likeness (QED) is 0.437. The van der Waals surface area contributed by atoms with E-state index in [-0.39, 0.29) is 0 Å². The molecule has 0 aliphatic carbocycles.